The maximum absolute atomic E-state index is 2.57. The summed E-state index contributed by atoms with van der Waals surface area (Å²) in [6.07, 6.45) is 0. The van der Waals surface area contributed by atoms with Crippen molar-refractivity contribution in [3.05, 3.63) is 247 Å². The second-order valence-corrected chi connectivity index (χ2v) is 17.5. The van der Waals surface area contributed by atoms with Gasteiger partial charge in [-0.15, -0.1) is 0 Å². The van der Waals surface area contributed by atoms with Crippen LogP contribution in [0, 0.1) is 0 Å². The van der Waals surface area contributed by atoms with Gasteiger partial charge >= 0.3 is 0 Å². The zero-order chi connectivity index (χ0) is 41.7. The van der Waals surface area contributed by atoms with E-state index in [4.69, 9.17) is 0 Å². The van der Waals surface area contributed by atoms with E-state index in [2.05, 4.69) is 238 Å². The maximum atomic E-state index is 2.57. The number of benzene rings is 10. The summed E-state index contributed by atoms with van der Waals surface area (Å²) in [5, 5.41) is 7.57. The maximum Gasteiger partial charge on any atom is 0.0767 e. The molecule has 1 spiro atoms. The number of fused-ring (bicyclic) bond motifs is 21. The Labute approximate surface area is 368 Å². The van der Waals surface area contributed by atoms with Gasteiger partial charge in [-0.25, -0.2) is 0 Å². The number of para-hydroxylation sites is 5. The Morgan fingerprint density at radius 3 is 1.05 bits per heavy atom. The Hall–Kier alpha value is -8.40. The van der Waals surface area contributed by atoms with E-state index in [-0.39, 0.29) is 0 Å². The van der Waals surface area contributed by atoms with E-state index >= 15 is 0 Å². The van der Waals surface area contributed by atoms with Gasteiger partial charge in [0, 0.05) is 60.5 Å². The highest BCUT2D eigenvalue weighted by molar-refractivity contribution is 6.18. The van der Waals surface area contributed by atoms with Gasteiger partial charge in [0.1, 0.15) is 0 Å². The van der Waals surface area contributed by atoms with Crippen molar-refractivity contribution in [3.63, 3.8) is 0 Å². The second kappa shape index (κ2) is 12.4. The first-order chi connectivity index (χ1) is 31.8. The van der Waals surface area contributed by atoms with Crippen LogP contribution in [0.4, 0.5) is 0 Å². The average Bonchev–Trinajstić information content (AvgIpc) is 4.14. The molecule has 0 amide bonds. The van der Waals surface area contributed by atoms with E-state index < -0.39 is 5.41 Å². The van der Waals surface area contributed by atoms with Gasteiger partial charge in [-0.2, -0.15) is 0 Å². The second-order valence-electron chi connectivity index (χ2n) is 17.5. The molecule has 3 heterocycles. The van der Waals surface area contributed by atoms with E-state index in [0.717, 1.165) is 17.1 Å². The van der Waals surface area contributed by atoms with Crippen LogP contribution in [-0.4, -0.2) is 13.7 Å². The number of rotatable bonds is 3. The number of hydrogen-bond donors (Lipinski definition) is 0. The van der Waals surface area contributed by atoms with E-state index in [1.54, 1.807) is 0 Å². The minimum atomic E-state index is -0.632. The summed E-state index contributed by atoms with van der Waals surface area (Å²) in [4.78, 5) is 0. The molecule has 0 saturated carbocycles. The summed E-state index contributed by atoms with van der Waals surface area (Å²) in [6.45, 7) is 0. The standard InChI is InChI=1S/C61H37N3/c1-2-16-38(17-3-1)63-55-28-14-8-22-45(55)49-36-34-47-41-18-4-10-24-51(41)61(57(47)59(49)63)52-25-11-5-19-42(52)48-35-37-50-46-23-9-15-29-56(46)64(60(50)58(48)61)40-32-30-39(31-33-40)62-53-26-12-6-20-43(53)44-21-7-13-27-54(44)62/h1-37H. The molecule has 15 rings (SSSR count). The minimum absolute atomic E-state index is 0.632. The summed E-state index contributed by atoms with van der Waals surface area (Å²) >= 11 is 0. The van der Waals surface area contributed by atoms with Gasteiger partial charge in [-0.3, -0.25) is 0 Å². The summed E-state index contributed by atoms with van der Waals surface area (Å²) < 4.78 is 7.52. The average molecular weight is 812 g/mol. The van der Waals surface area contributed by atoms with E-state index in [9.17, 15) is 0 Å². The van der Waals surface area contributed by atoms with Gasteiger partial charge in [0.25, 0.3) is 0 Å². The van der Waals surface area contributed by atoms with Crippen LogP contribution in [0.15, 0.2) is 224 Å². The predicted molar refractivity (Wildman–Crippen MR) is 266 cm³/mol. The van der Waals surface area contributed by atoms with Crippen LogP contribution in [0.1, 0.15) is 22.3 Å². The lowest BCUT2D eigenvalue weighted by molar-refractivity contribution is 0.800. The SMILES string of the molecule is c1ccc(-n2c3ccccc3c3ccc4c(c32)C2(c3ccccc3-4)c3ccccc3-c3ccc4c5ccccc5n(-c5ccc(-n6c7ccccc7c7ccccc76)cc5)c4c32)cc1. The highest BCUT2D eigenvalue weighted by Gasteiger charge is 2.54. The summed E-state index contributed by atoms with van der Waals surface area (Å²) in [5.74, 6) is 0. The molecule has 3 aromatic heterocycles. The summed E-state index contributed by atoms with van der Waals surface area (Å²) in [7, 11) is 0. The van der Waals surface area contributed by atoms with Crippen LogP contribution in [0.5, 0.6) is 0 Å². The van der Waals surface area contributed by atoms with Crippen molar-refractivity contribution in [3.8, 4) is 39.3 Å². The lowest BCUT2D eigenvalue weighted by Crippen LogP contribution is -2.27. The predicted octanol–water partition coefficient (Wildman–Crippen LogP) is 15.3. The third-order valence-electron chi connectivity index (χ3n) is 14.6. The minimum Gasteiger partial charge on any atom is -0.309 e. The fourth-order valence-electron chi connectivity index (χ4n) is 12.3. The molecular weight excluding hydrogens is 775 g/mol. The van der Waals surface area contributed by atoms with Crippen molar-refractivity contribution in [1.29, 1.82) is 0 Å². The van der Waals surface area contributed by atoms with Crippen molar-refractivity contribution in [2.24, 2.45) is 0 Å². The van der Waals surface area contributed by atoms with Gasteiger partial charge in [0.15, 0.2) is 0 Å². The third-order valence-corrected chi connectivity index (χ3v) is 14.6. The number of aromatic nitrogens is 3. The van der Waals surface area contributed by atoms with Crippen molar-refractivity contribution >= 4 is 65.4 Å². The molecule has 10 aromatic carbocycles. The van der Waals surface area contributed by atoms with Crippen molar-refractivity contribution < 1.29 is 0 Å². The molecule has 0 bridgehead atoms. The van der Waals surface area contributed by atoms with Crippen LogP contribution in [-0.2, 0) is 5.41 Å². The van der Waals surface area contributed by atoms with Gasteiger partial charge in [0.05, 0.1) is 38.5 Å². The molecule has 0 radical (unpaired) electrons. The first-order valence-corrected chi connectivity index (χ1v) is 22.3. The first-order valence-electron chi connectivity index (χ1n) is 22.3. The smallest absolute Gasteiger partial charge is 0.0767 e. The van der Waals surface area contributed by atoms with Crippen molar-refractivity contribution in [2.45, 2.75) is 5.41 Å². The zero-order valence-corrected chi connectivity index (χ0v) is 34.7. The molecule has 0 saturated heterocycles. The van der Waals surface area contributed by atoms with Gasteiger partial charge in [-0.05, 0) is 94.0 Å². The largest absolute Gasteiger partial charge is 0.309 e. The highest BCUT2D eigenvalue weighted by Crippen LogP contribution is 2.66. The van der Waals surface area contributed by atoms with Crippen LogP contribution in [0.2, 0.25) is 0 Å². The highest BCUT2D eigenvalue weighted by atomic mass is 15.0. The molecule has 296 valence electrons. The molecule has 2 aliphatic carbocycles. The molecule has 0 aliphatic heterocycles. The van der Waals surface area contributed by atoms with Crippen molar-refractivity contribution in [2.75, 3.05) is 0 Å². The topological polar surface area (TPSA) is 14.8 Å². The molecule has 1 atom stereocenters. The van der Waals surface area contributed by atoms with Crippen LogP contribution >= 0.6 is 0 Å². The van der Waals surface area contributed by atoms with Crippen LogP contribution in [0.25, 0.3) is 105 Å². The fourth-order valence-corrected chi connectivity index (χ4v) is 12.3. The Kier molecular flexibility index (Phi) is 6.61. The Morgan fingerprint density at radius 2 is 0.578 bits per heavy atom. The van der Waals surface area contributed by atoms with Crippen LogP contribution < -0.4 is 0 Å². The molecule has 2 aliphatic rings. The third kappa shape index (κ3) is 4.13. The van der Waals surface area contributed by atoms with Gasteiger partial charge in [-0.1, -0.05) is 164 Å². The van der Waals surface area contributed by atoms with Crippen molar-refractivity contribution in [1.82, 2.24) is 13.7 Å². The number of nitrogens with zero attached hydrogens (tertiary/aromatic N) is 3. The molecule has 13 aromatic rings. The van der Waals surface area contributed by atoms with E-state index in [1.165, 1.54) is 110 Å². The molecule has 64 heavy (non-hydrogen) atoms. The zero-order valence-electron chi connectivity index (χ0n) is 34.7. The lowest BCUT2D eigenvalue weighted by atomic mass is 9.69. The summed E-state index contributed by atoms with van der Waals surface area (Å²) in [5.41, 5.74) is 20.7. The molecule has 0 N–H and O–H groups in total. The Balaban J connectivity index is 1.10. The first kappa shape index (κ1) is 34.2. The Morgan fingerprint density at radius 1 is 0.234 bits per heavy atom. The molecule has 3 heteroatoms. The lowest BCUT2D eigenvalue weighted by Gasteiger charge is -2.32. The van der Waals surface area contributed by atoms with Gasteiger partial charge < -0.3 is 13.7 Å². The fraction of sp³-hybridized carbons (Fsp3) is 0.0164. The van der Waals surface area contributed by atoms with E-state index in [1.807, 2.05) is 0 Å². The number of hydrogen-bond acceptors (Lipinski definition) is 0. The monoisotopic (exact) mass is 811 g/mol. The Bertz CT molecular complexity index is 4060. The molecule has 1 unspecified atom stereocenters. The normalized spacial score (nSPS) is 14.9. The summed E-state index contributed by atoms with van der Waals surface area (Å²) in [6, 6.07) is 83.8. The van der Waals surface area contributed by atoms with E-state index in [0.29, 0.717) is 0 Å². The molecule has 0 fully saturated rings. The van der Waals surface area contributed by atoms with Gasteiger partial charge in [0.2, 0.25) is 0 Å². The quantitative estimate of drug-likeness (QED) is 0.169. The molecule has 3 nitrogen and oxygen atoms in total. The van der Waals surface area contributed by atoms with Crippen LogP contribution in [0.3, 0.4) is 0 Å². The molecular formula is C61H37N3.